The number of carbonyl (C=O) groups is 1. The van der Waals surface area contributed by atoms with Crippen LogP contribution in [0.25, 0.3) is 11.0 Å². The van der Waals surface area contributed by atoms with Crippen LogP contribution >= 0.6 is 0 Å². The standard InChI is InChI=1S/C16H25N5O/c1-4-19(11-13-6-7-13)15(22)8-9-21-16-12(3)18-20(5-2)14(16)10-17-21/h10,13H,4-9,11H2,1-3H3. The van der Waals surface area contributed by atoms with Crippen LogP contribution in [0.5, 0.6) is 0 Å². The Balaban J connectivity index is 1.68. The second-order valence-electron chi connectivity index (χ2n) is 6.13. The van der Waals surface area contributed by atoms with Gasteiger partial charge >= 0.3 is 0 Å². The monoisotopic (exact) mass is 303 g/mol. The summed E-state index contributed by atoms with van der Waals surface area (Å²) in [6.07, 6.45) is 4.91. The minimum atomic E-state index is 0.235. The van der Waals surface area contributed by atoms with E-state index in [1.165, 1.54) is 12.8 Å². The minimum Gasteiger partial charge on any atom is -0.343 e. The Bertz CT molecular complexity index is 667. The molecule has 0 spiro atoms. The second-order valence-corrected chi connectivity index (χ2v) is 6.13. The number of fused-ring (bicyclic) bond motifs is 1. The summed E-state index contributed by atoms with van der Waals surface area (Å²) >= 11 is 0. The maximum absolute atomic E-state index is 12.4. The molecule has 3 rings (SSSR count). The van der Waals surface area contributed by atoms with Crippen molar-refractivity contribution in [3.05, 3.63) is 11.9 Å². The van der Waals surface area contributed by atoms with Gasteiger partial charge in [0.15, 0.2) is 0 Å². The zero-order valence-electron chi connectivity index (χ0n) is 13.7. The number of hydrogen-bond donors (Lipinski definition) is 0. The van der Waals surface area contributed by atoms with E-state index in [-0.39, 0.29) is 5.91 Å². The van der Waals surface area contributed by atoms with Gasteiger partial charge in [-0.1, -0.05) is 0 Å². The molecule has 2 aromatic heterocycles. The lowest BCUT2D eigenvalue weighted by molar-refractivity contribution is -0.131. The fourth-order valence-corrected chi connectivity index (χ4v) is 3.01. The van der Waals surface area contributed by atoms with E-state index in [2.05, 4.69) is 24.0 Å². The highest BCUT2D eigenvalue weighted by Gasteiger charge is 2.26. The SMILES string of the molecule is CCN(CC1CC1)C(=O)CCn1ncc2c1c(C)nn2CC. The molecule has 120 valence electrons. The molecule has 0 unspecified atom stereocenters. The first-order chi connectivity index (χ1) is 10.6. The Morgan fingerprint density at radius 1 is 1.36 bits per heavy atom. The molecule has 0 N–H and O–H groups in total. The number of amides is 1. The molecule has 1 aliphatic carbocycles. The van der Waals surface area contributed by atoms with Crippen molar-refractivity contribution in [1.29, 1.82) is 0 Å². The number of aromatic nitrogens is 4. The summed E-state index contributed by atoms with van der Waals surface area (Å²) < 4.78 is 3.88. The summed E-state index contributed by atoms with van der Waals surface area (Å²) in [5.74, 6) is 0.976. The smallest absolute Gasteiger partial charge is 0.224 e. The molecule has 22 heavy (non-hydrogen) atoms. The highest BCUT2D eigenvalue weighted by Crippen LogP contribution is 2.29. The number of nitrogens with zero attached hydrogens (tertiary/aromatic N) is 5. The maximum atomic E-state index is 12.4. The summed E-state index contributed by atoms with van der Waals surface area (Å²) in [7, 11) is 0. The van der Waals surface area contributed by atoms with Crippen LogP contribution in [0.2, 0.25) is 0 Å². The van der Waals surface area contributed by atoms with Crippen LogP contribution < -0.4 is 0 Å². The van der Waals surface area contributed by atoms with Gasteiger partial charge in [0.25, 0.3) is 0 Å². The van der Waals surface area contributed by atoms with Crippen LogP contribution in [0.3, 0.4) is 0 Å². The van der Waals surface area contributed by atoms with E-state index in [0.717, 1.165) is 42.3 Å². The van der Waals surface area contributed by atoms with Crippen molar-refractivity contribution < 1.29 is 4.79 Å². The number of rotatable bonds is 7. The van der Waals surface area contributed by atoms with Crippen LogP contribution in [0, 0.1) is 12.8 Å². The van der Waals surface area contributed by atoms with Crippen molar-refractivity contribution in [2.45, 2.75) is 53.1 Å². The van der Waals surface area contributed by atoms with Crippen LogP contribution in [-0.4, -0.2) is 43.5 Å². The van der Waals surface area contributed by atoms with Gasteiger partial charge in [-0.15, -0.1) is 0 Å². The van der Waals surface area contributed by atoms with Crippen LogP contribution in [0.15, 0.2) is 6.20 Å². The average molecular weight is 303 g/mol. The zero-order chi connectivity index (χ0) is 15.7. The van der Waals surface area contributed by atoms with Gasteiger partial charge in [-0.05, 0) is 39.5 Å². The van der Waals surface area contributed by atoms with Gasteiger partial charge in [-0.2, -0.15) is 10.2 Å². The molecule has 2 heterocycles. The Kier molecular flexibility index (Phi) is 4.18. The van der Waals surface area contributed by atoms with Gasteiger partial charge in [0.2, 0.25) is 5.91 Å². The summed E-state index contributed by atoms with van der Waals surface area (Å²) in [6, 6.07) is 0. The Morgan fingerprint density at radius 3 is 2.77 bits per heavy atom. The van der Waals surface area contributed by atoms with Gasteiger partial charge in [-0.3, -0.25) is 14.2 Å². The molecule has 0 bridgehead atoms. The Labute approximate surface area is 131 Å². The molecule has 1 fully saturated rings. The second kappa shape index (κ2) is 6.10. The maximum Gasteiger partial charge on any atom is 0.224 e. The molecule has 1 amide bonds. The Hall–Kier alpha value is -1.85. The summed E-state index contributed by atoms with van der Waals surface area (Å²) in [4.78, 5) is 14.4. The zero-order valence-corrected chi connectivity index (χ0v) is 13.7. The molecule has 0 atom stereocenters. The van der Waals surface area contributed by atoms with Crippen LogP contribution in [0.4, 0.5) is 0 Å². The van der Waals surface area contributed by atoms with Crippen molar-refractivity contribution >= 4 is 16.9 Å². The third kappa shape index (κ3) is 2.87. The molecule has 6 heteroatoms. The van der Waals surface area contributed by atoms with Crippen molar-refractivity contribution in [3.8, 4) is 0 Å². The summed E-state index contributed by atoms with van der Waals surface area (Å²) in [6.45, 7) is 9.32. The number of hydrogen-bond acceptors (Lipinski definition) is 3. The molecule has 0 aliphatic heterocycles. The quantitative estimate of drug-likeness (QED) is 0.788. The molecular weight excluding hydrogens is 278 g/mol. The van der Waals surface area contributed by atoms with E-state index in [1.54, 1.807) is 0 Å². The third-order valence-electron chi connectivity index (χ3n) is 4.46. The number of carbonyl (C=O) groups excluding carboxylic acids is 1. The lowest BCUT2D eigenvalue weighted by atomic mass is 10.3. The van der Waals surface area contributed by atoms with Crippen molar-refractivity contribution in [3.63, 3.8) is 0 Å². The molecule has 1 aliphatic rings. The van der Waals surface area contributed by atoms with E-state index >= 15 is 0 Å². The van der Waals surface area contributed by atoms with Crippen molar-refractivity contribution in [1.82, 2.24) is 24.5 Å². The molecular formula is C16H25N5O. The molecule has 1 saturated carbocycles. The molecule has 0 radical (unpaired) electrons. The highest BCUT2D eigenvalue weighted by atomic mass is 16.2. The highest BCUT2D eigenvalue weighted by molar-refractivity contribution is 5.79. The topological polar surface area (TPSA) is 56.0 Å². The molecule has 6 nitrogen and oxygen atoms in total. The summed E-state index contributed by atoms with van der Waals surface area (Å²) in [5.41, 5.74) is 3.09. The van der Waals surface area contributed by atoms with Crippen LogP contribution in [0.1, 0.15) is 38.8 Å². The fourth-order valence-electron chi connectivity index (χ4n) is 3.01. The molecule has 0 saturated heterocycles. The van der Waals surface area contributed by atoms with Gasteiger partial charge in [0.1, 0.15) is 11.0 Å². The first-order valence-corrected chi connectivity index (χ1v) is 8.30. The van der Waals surface area contributed by atoms with Gasteiger partial charge in [-0.25, -0.2) is 0 Å². The predicted octanol–water partition coefficient (Wildman–Crippen LogP) is 2.21. The predicted molar refractivity (Wildman–Crippen MR) is 85.5 cm³/mol. The first kappa shape index (κ1) is 15.1. The largest absolute Gasteiger partial charge is 0.343 e. The van der Waals surface area contributed by atoms with Crippen molar-refractivity contribution in [2.75, 3.05) is 13.1 Å². The van der Waals surface area contributed by atoms with E-state index in [0.29, 0.717) is 13.0 Å². The van der Waals surface area contributed by atoms with E-state index in [1.807, 2.05) is 27.4 Å². The minimum absolute atomic E-state index is 0.235. The van der Waals surface area contributed by atoms with Gasteiger partial charge in [0, 0.05) is 26.1 Å². The van der Waals surface area contributed by atoms with Crippen molar-refractivity contribution in [2.24, 2.45) is 5.92 Å². The average Bonchev–Trinajstić information content (AvgIpc) is 3.15. The fraction of sp³-hybridized carbons (Fsp3) is 0.688. The van der Waals surface area contributed by atoms with E-state index in [9.17, 15) is 4.79 Å². The lowest BCUT2D eigenvalue weighted by Crippen LogP contribution is -2.33. The van der Waals surface area contributed by atoms with Gasteiger partial charge in [0.05, 0.1) is 18.4 Å². The normalized spacial score (nSPS) is 14.7. The molecule has 0 aromatic carbocycles. The summed E-state index contributed by atoms with van der Waals surface area (Å²) in [5, 5.41) is 8.96. The van der Waals surface area contributed by atoms with E-state index < -0.39 is 0 Å². The number of aryl methyl sites for hydroxylation is 3. The first-order valence-electron chi connectivity index (χ1n) is 8.30. The lowest BCUT2D eigenvalue weighted by Gasteiger charge is -2.20. The molecule has 2 aromatic rings. The Morgan fingerprint density at radius 2 is 2.14 bits per heavy atom. The van der Waals surface area contributed by atoms with Gasteiger partial charge < -0.3 is 4.90 Å². The van der Waals surface area contributed by atoms with Crippen LogP contribution in [-0.2, 0) is 17.9 Å². The third-order valence-corrected chi connectivity index (χ3v) is 4.46. The van der Waals surface area contributed by atoms with E-state index in [4.69, 9.17) is 0 Å².